The van der Waals surface area contributed by atoms with Crippen LogP contribution in [0.15, 0.2) is 30.6 Å². The number of anilines is 1. The van der Waals surface area contributed by atoms with Gasteiger partial charge in [0.25, 0.3) is 0 Å². The first-order valence-electron chi connectivity index (χ1n) is 7.21. The van der Waals surface area contributed by atoms with Gasteiger partial charge in [0, 0.05) is 19.0 Å². The van der Waals surface area contributed by atoms with Gasteiger partial charge < -0.3 is 4.90 Å². The van der Waals surface area contributed by atoms with Crippen molar-refractivity contribution < 1.29 is 0 Å². The second-order valence-corrected chi connectivity index (χ2v) is 5.66. The second kappa shape index (κ2) is 5.53. The highest BCUT2D eigenvalue weighted by atomic mass is 15.2. The smallest absolute Gasteiger partial charge is 0.158 e. The van der Waals surface area contributed by atoms with E-state index in [1.54, 1.807) is 12.4 Å². The number of aromatic nitrogens is 2. The third kappa shape index (κ3) is 2.73. The van der Waals surface area contributed by atoms with Crippen molar-refractivity contribution in [2.24, 2.45) is 0 Å². The lowest BCUT2D eigenvalue weighted by atomic mass is 9.93. The lowest BCUT2D eigenvalue weighted by Gasteiger charge is -2.18. The summed E-state index contributed by atoms with van der Waals surface area (Å²) >= 11 is 0. The van der Waals surface area contributed by atoms with Crippen molar-refractivity contribution >= 4 is 5.82 Å². The molecule has 1 saturated heterocycles. The Morgan fingerprint density at radius 1 is 1.24 bits per heavy atom. The Morgan fingerprint density at radius 2 is 2.10 bits per heavy atom. The lowest BCUT2D eigenvalue weighted by molar-refractivity contribution is 0.767. The molecule has 1 fully saturated rings. The van der Waals surface area contributed by atoms with E-state index in [4.69, 9.17) is 5.26 Å². The maximum atomic E-state index is 8.77. The molecule has 21 heavy (non-hydrogen) atoms. The Kier molecular flexibility index (Phi) is 3.57. The van der Waals surface area contributed by atoms with Gasteiger partial charge in [-0.15, -0.1) is 0 Å². The van der Waals surface area contributed by atoms with Gasteiger partial charge in [0.05, 0.1) is 12.4 Å². The van der Waals surface area contributed by atoms with Crippen LogP contribution in [0.25, 0.3) is 0 Å². The third-order valence-corrected chi connectivity index (χ3v) is 4.13. The van der Waals surface area contributed by atoms with Crippen molar-refractivity contribution in [3.8, 4) is 6.07 Å². The first-order valence-corrected chi connectivity index (χ1v) is 7.21. The summed E-state index contributed by atoms with van der Waals surface area (Å²) in [4.78, 5) is 10.7. The summed E-state index contributed by atoms with van der Waals surface area (Å²) in [6, 6.07) is 8.69. The third-order valence-electron chi connectivity index (χ3n) is 4.13. The highest BCUT2D eigenvalue weighted by Crippen LogP contribution is 2.31. The van der Waals surface area contributed by atoms with E-state index in [9.17, 15) is 0 Å². The molecular weight excluding hydrogens is 260 g/mol. The fraction of sp³-hybridized carbons (Fsp3) is 0.353. The molecule has 0 spiro atoms. The predicted molar refractivity (Wildman–Crippen MR) is 82.2 cm³/mol. The zero-order chi connectivity index (χ0) is 14.8. The van der Waals surface area contributed by atoms with E-state index in [1.807, 2.05) is 6.07 Å². The molecule has 1 aromatic carbocycles. The number of benzene rings is 1. The molecule has 1 aliphatic rings. The Bertz CT molecular complexity index is 685. The van der Waals surface area contributed by atoms with Crippen molar-refractivity contribution in [2.45, 2.75) is 26.2 Å². The predicted octanol–water partition coefficient (Wildman–Crippen LogP) is 2.96. The molecule has 1 aliphatic heterocycles. The number of nitriles is 1. The molecule has 3 rings (SSSR count). The van der Waals surface area contributed by atoms with Crippen LogP contribution >= 0.6 is 0 Å². The van der Waals surface area contributed by atoms with Crippen LogP contribution in [0.4, 0.5) is 5.82 Å². The molecule has 0 saturated carbocycles. The van der Waals surface area contributed by atoms with Crippen LogP contribution in [0.3, 0.4) is 0 Å². The van der Waals surface area contributed by atoms with Crippen LogP contribution in [0.2, 0.25) is 0 Å². The van der Waals surface area contributed by atoms with Crippen LogP contribution < -0.4 is 4.90 Å². The van der Waals surface area contributed by atoms with Gasteiger partial charge in [-0.05, 0) is 31.4 Å². The molecule has 1 unspecified atom stereocenters. The molecule has 2 aromatic rings. The van der Waals surface area contributed by atoms with E-state index in [0.29, 0.717) is 11.6 Å². The SMILES string of the molecule is Cc1ccc(C2CCN(c3cnc(C#N)cn3)C2)c(C)c1. The van der Waals surface area contributed by atoms with Gasteiger partial charge >= 0.3 is 0 Å². The van der Waals surface area contributed by atoms with E-state index in [2.05, 4.69) is 46.9 Å². The summed E-state index contributed by atoms with van der Waals surface area (Å²) in [6.07, 6.45) is 4.37. The fourth-order valence-electron chi connectivity index (χ4n) is 3.05. The molecule has 0 N–H and O–H groups in total. The van der Waals surface area contributed by atoms with E-state index >= 15 is 0 Å². The highest BCUT2D eigenvalue weighted by molar-refractivity contribution is 5.42. The van der Waals surface area contributed by atoms with Crippen LogP contribution in [0.5, 0.6) is 0 Å². The van der Waals surface area contributed by atoms with E-state index in [-0.39, 0.29) is 0 Å². The molecule has 4 heteroatoms. The Morgan fingerprint density at radius 3 is 2.76 bits per heavy atom. The first-order chi connectivity index (χ1) is 10.2. The summed E-state index contributed by atoms with van der Waals surface area (Å²) in [5.41, 5.74) is 4.48. The number of aryl methyl sites for hydroxylation is 2. The minimum Gasteiger partial charge on any atom is -0.355 e. The zero-order valence-electron chi connectivity index (χ0n) is 12.4. The van der Waals surface area contributed by atoms with Crippen molar-refractivity contribution in [3.63, 3.8) is 0 Å². The average molecular weight is 278 g/mol. The van der Waals surface area contributed by atoms with Gasteiger partial charge in [0.2, 0.25) is 0 Å². The first kappa shape index (κ1) is 13.6. The largest absolute Gasteiger partial charge is 0.355 e. The molecule has 0 bridgehead atoms. The standard InChI is InChI=1S/C17H18N4/c1-12-3-4-16(13(2)7-12)14-5-6-21(11-14)17-10-19-15(8-18)9-20-17/h3-4,7,9-10,14H,5-6,11H2,1-2H3. The Labute approximate surface area is 125 Å². The van der Waals surface area contributed by atoms with Crippen molar-refractivity contribution in [3.05, 3.63) is 53.0 Å². The maximum absolute atomic E-state index is 8.77. The lowest BCUT2D eigenvalue weighted by Crippen LogP contribution is -2.20. The minimum atomic E-state index is 0.365. The van der Waals surface area contributed by atoms with Gasteiger partial charge in [0.15, 0.2) is 5.69 Å². The highest BCUT2D eigenvalue weighted by Gasteiger charge is 2.25. The van der Waals surface area contributed by atoms with Gasteiger partial charge in [-0.25, -0.2) is 9.97 Å². The molecule has 106 valence electrons. The van der Waals surface area contributed by atoms with Crippen LogP contribution in [-0.2, 0) is 0 Å². The summed E-state index contributed by atoms with van der Waals surface area (Å²) in [6.45, 7) is 6.26. The molecular formula is C17H18N4. The maximum Gasteiger partial charge on any atom is 0.158 e. The fourth-order valence-corrected chi connectivity index (χ4v) is 3.05. The van der Waals surface area contributed by atoms with Gasteiger partial charge in [0.1, 0.15) is 11.9 Å². The molecule has 0 amide bonds. The number of rotatable bonds is 2. The van der Waals surface area contributed by atoms with Gasteiger partial charge in [-0.3, -0.25) is 0 Å². The van der Waals surface area contributed by atoms with E-state index < -0.39 is 0 Å². The van der Waals surface area contributed by atoms with Crippen LogP contribution in [0, 0.1) is 25.2 Å². The Balaban J connectivity index is 1.77. The average Bonchev–Trinajstić information content (AvgIpc) is 2.97. The minimum absolute atomic E-state index is 0.365. The molecule has 1 aromatic heterocycles. The topological polar surface area (TPSA) is 52.8 Å². The molecule has 4 nitrogen and oxygen atoms in total. The van der Waals surface area contributed by atoms with Crippen molar-refractivity contribution in [1.82, 2.24) is 9.97 Å². The molecule has 0 aliphatic carbocycles. The van der Waals surface area contributed by atoms with Crippen LogP contribution in [-0.4, -0.2) is 23.1 Å². The summed E-state index contributed by atoms with van der Waals surface area (Å²) in [5, 5.41) is 8.77. The van der Waals surface area contributed by atoms with Crippen molar-refractivity contribution in [1.29, 1.82) is 5.26 Å². The number of hydrogen-bond donors (Lipinski definition) is 0. The van der Waals surface area contributed by atoms with Crippen molar-refractivity contribution in [2.75, 3.05) is 18.0 Å². The Hall–Kier alpha value is -2.41. The van der Waals surface area contributed by atoms with E-state index in [1.165, 1.54) is 16.7 Å². The molecule has 0 radical (unpaired) electrons. The van der Waals surface area contributed by atoms with Gasteiger partial charge in [-0.2, -0.15) is 5.26 Å². The molecule has 2 heterocycles. The zero-order valence-corrected chi connectivity index (χ0v) is 12.4. The van der Waals surface area contributed by atoms with Crippen LogP contribution in [0.1, 0.15) is 34.7 Å². The quantitative estimate of drug-likeness (QED) is 0.847. The summed E-state index contributed by atoms with van der Waals surface area (Å²) < 4.78 is 0. The van der Waals surface area contributed by atoms with Gasteiger partial charge in [-0.1, -0.05) is 23.8 Å². The number of hydrogen-bond acceptors (Lipinski definition) is 4. The molecule has 1 atom stereocenters. The second-order valence-electron chi connectivity index (χ2n) is 5.66. The summed E-state index contributed by atoms with van der Waals surface area (Å²) in [7, 11) is 0. The summed E-state index contributed by atoms with van der Waals surface area (Å²) in [5.74, 6) is 1.41. The van der Waals surface area contributed by atoms with E-state index in [0.717, 1.165) is 25.3 Å². The monoisotopic (exact) mass is 278 g/mol. The number of nitrogens with zero attached hydrogens (tertiary/aromatic N) is 4. The normalized spacial score (nSPS) is 17.8.